The lowest BCUT2D eigenvalue weighted by atomic mass is 10.1. The number of benzene rings is 2. The highest BCUT2D eigenvalue weighted by atomic mass is 16.5. The summed E-state index contributed by atoms with van der Waals surface area (Å²) in [5.41, 5.74) is 5.56. The van der Waals surface area contributed by atoms with Crippen LogP contribution in [-0.4, -0.2) is 41.2 Å². The standard InChI is InChI=1S/C23H26N4O6/c1-4-31-18-11-15(12-19(32-5-2)22(18)33-6-3)23(30)26-25-20(28)14-27-17-10-8-7-9-16(17)24-13-21(27)29/h7-13H,4-6,14H2,1-3H3,(H,25,28)(H,26,30). The van der Waals surface area contributed by atoms with E-state index in [-0.39, 0.29) is 12.1 Å². The molecule has 0 saturated carbocycles. The van der Waals surface area contributed by atoms with Crippen LogP contribution < -0.4 is 30.6 Å². The Balaban J connectivity index is 1.76. The number of carbonyl (C=O) groups excluding carboxylic acids is 2. The molecule has 0 spiro atoms. The number of hydrazine groups is 1. The molecule has 3 rings (SSSR count). The summed E-state index contributed by atoms with van der Waals surface area (Å²) in [6.07, 6.45) is 1.15. The van der Waals surface area contributed by atoms with E-state index < -0.39 is 17.4 Å². The first-order valence-electron chi connectivity index (χ1n) is 10.6. The molecule has 0 aliphatic carbocycles. The van der Waals surface area contributed by atoms with E-state index in [0.717, 1.165) is 6.20 Å². The van der Waals surface area contributed by atoms with Gasteiger partial charge in [-0.2, -0.15) is 0 Å². The molecule has 2 N–H and O–H groups in total. The van der Waals surface area contributed by atoms with Gasteiger partial charge >= 0.3 is 0 Å². The van der Waals surface area contributed by atoms with Crippen LogP contribution in [0.3, 0.4) is 0 Å². The van der Waals surface area contributed by atoms with E-state index >= 15 is 0 Å². The number of hydrogen-bond donors (Lipinski definition) is 2. The van der Waals surface area contributed by atoms with Crippen LogP contribution in [0, 0.1) is 0 Å². The molecule has 0 atom stereocenters. The van der Waals surface area contributed by atoms with Crippen molar-refractivity contribution in [3.8, 4) is 17.2 Å². The van der Waals surface area contributed by atoms with Gasteiger partial charge < -0.3 is 14.2 Å². The van der Waals surface area contributed by atoms with Crippen LogP contribution in [-0.2, 0) is 11.3 Å². The molecular weight excluding hydrogens is 428 g/mol. The first-order chi connectivity index (χ1) is 16.0. The molecule has 0 bridgehead atoms. The molecule has 1 aromatic heterocycles. The number of rotatable bonds is 9. The maximum Gasteiger partial charge on any atom is 0.269 e. The summed E-state index contributed by atoms with van der Waals surface area (Å²) < 4.78 is 18.1. The zero-order chi connectivity index (χ0) is 23.8. The third-order valence-electron chi connectivity index (χ3n) is 4.54. The number of para-hydroxylation sites is 2. The summed E-state index contributed by atoms with van der Waals surface area (Å²) in [6.45, 7) is 6.29. The van der Waals surface area contributed by atoms with E-state index in [4.69, 9.17) is 14.2 Å². The van der Waals surface area contributed by atoms with Crippen molar-refractivity contribution in [3.05, 3.63) is 58.5 Å². The fourth-order valence-electron chi connectivity index (χ4n) is 3.18. The van der Waals surface area contributed by atoms with Gasteiger partial charge in [-0.1, -0.05) is 12.1 Å². The Hall–Kier alpha value is -4.08. The van der Waals surface area contributed by atoms with Crippen molar-refractivity contribution < 1.29 is 23.8 Å². The third-order valence-corrected chi connectivity index (χ3v) is 4.54. The Bertz CT molecular complexity index is 1180. The monoisotopic (exact) mass is 454 g/mol. The Labute approximate surface area is 190 Å². The van der Waals surface area contributed by atoms with Crippen molar-refractivity contribution in [2.75, 3.05) is 19.8 Å². The second-order valence-electron chi connectivity index (χ2n) is 6.77. The van der Waals surface area contributed by atoms with Gasteiger partial charge in [0.05, 0.1) is 37.1 Å². The lowest BCUT2D eigenvalue weighted by molar-refractivity contribution is -0.122. The first kappa shape index (κ1) is 23.6. The molecule has 3 aromatic rings. The van der Waals surface area contributed by atoms with E-state index in [1.54, 1.807) is 24.3 Å². The lowest BCUT2D eigenvalue weighted by Gasteiger charge is -2.17. The zero-order valence-electron chi connectivity index (χ0n) is 18.7. The predicted octanol–water partition coefficient (Wildman–Crippen LogP) is 2.05. The molecule has 0 aliphatic rings. The topological polar surface area (TPSA) is 121 Å². The molecule has 0 unspecified atom stereocenters. The molecule has 10 nitrogen and oxygen atoms in total. The minimum absolute atomic E-state index is 0.206. The zero-order valence-corrected chi connectivity index (χ0v) is 18.7. The van der Waals surface area contributed by atoms with Crippen molar-refractivity contribution in [2.24, 2.45) is 0 Å². The molecule has 10 heteroatoms. The van der Waals surface area contributed by atoms with Gasteiger partial charge in [0.25, 0.3) is 17.4 Å². The normalized spacial score (nSPS) is 10.5. The number of ether oxygens (including phenoxy) is 3. The quantitative estimate of drug-likeness (QED) is 0.475. The van der Waals surface area contributed by atoms with Gasteiger partial charge in [0.2, 0.25) is 5.75 Å². The number of carbonyl (C=O) groups is 2. The highest BCUT2D eigenvalue weighted by molar-refractivity contribution is 5.96. The van der Waals surface area contributed by atoms with Gasteiger partial charge in [-0.15, -0.1) is 0 Å². The highest BCUT2D eigenvalue weighted by Crippen LogP contribution is 2.39. The summed E-state index contributed by atoms with van der Waals surface area (Å²) in [5.74, 6) is -0.0399. The van der Waals surface area contributed by atoms with Gasteiger partial charge in [0.1, 0.15) is 6.54 Å². The van der Waals surface area contributed by atoms with E-state index in [2.05, 4.69) is 15.8 Å². The molecule has 174 valence electrons. The average molecular weight is 454 g/mol. The van der Waals surface area contributed by atoms with Crippen LogP contribution in [0.5, 0.6) is 17.2 Å². The molecule has 2 amide bonds. The van der Waals surface area contributed by atoms with E-state index in [1.165, 1.54) is 16.7 Å². The molecule has 0 saturated heterocycles. The Morgan fingerprint density at radius 1 is 0.939 bits per heavy atom. The van der Waals surface area contributed by atoms with E-state index in [9.17, 15) is 14.4 Å². The number of nitrogens with zero attached hydrogens (tertiary/aromatic N) is 2. The molecule has 0 radical (unpaired) electrons. The second kappa shape index (κ2) is 11.0. The Morgan fingerprint density at radius 3 is 2.21 bits per heavy atom. The summed E-state index contributed by atoms with van der Waals surface area (Å²) in [5, 5.41) is 0. The smallest absolute Gasteiger partial charge is 0.269 e. The molecule has 33 heavy (non-hydrogen) atoms. The third kappa shape index (κ3) is 5.59. The predicted molar refractivity (Wildman–Crippen MR) is 122 cm³/mol. The molecule has 0 fully saturated rings. The van der Waals surface area contributed by atoms with Gasteiger partial charge in [-0.05, 0) is 45.0 Å². The van der Waals surface area contributed by atoms with Gasteiger partial charge in [0.15, 0.2) is 11.5 Å². The Kier molecular flexibility index (Phi) is 7.85. The minimum Gasteiger partial charge on any atom is -0.490 e. The number of aromatic nitrogens is 2. The van der Waals surface area contributed by atoms with Crippen molar-refractivity contribution in [1.29, 1.82) is 0 Å². The number of amides is 2. The van der Waals surface area contributed by atoms with Crippen LogP contribution in [0.15, 0.2) is 47.4 Å². The van der Waals surface area contributed by atoms with Gasteiger partial charge in [-0.3, -0.25) is 29.8 Å². The second-order valence-corrected chi connectivity index (χ2v) is 6.77. The molecule has 0 aliphatic heterocycles. The molecule has 1 heterocycles. The average Bonchev–Trinajstić information content (AvgIpc) is 2.81. The Morgan fingerprint density at radius 2 is 1.58 bits per heavy atom. The fraction of sp³-hybridized carbons (Fsp3) is 0.304. The van der Waals surface area contributed by atoms with Gasteiger partial charge in [-0.25, -0.2) is 4.98 Å². The maximum atomic E-state index is 12.7. The summed E-state index contributed by atoms with van der Waals surface area (Å²) in [6, 6.07) is 9.99. The maximum absolute atomic E-state index is 12.7. The van der Waals surface area contributed by atoms with Crippen molar-refractivity contribution in [1.82, 2.24) is 20.4 Å². The van der Waals surface area contributed by atoms with Crippen LogP contribution in [0.25, 0.3) is 11.0 Å². The summed E-state index contributed by atoms with van der Waals surface area (Å²) in [7, 11) is 0. The first-order valence-corrected chi connectivity index (χ1v) is 10.6. The van der Waals surface area contributed by atoms with Crippen molar-refractivity contribution in [2.45, 2.75) is 27.3 Å². The molecular formula is C23H26N4O6. The summed E-state index contributed by atoms with van der Waals surface area (Å²) in [4.78, 5) is 41.4. The minimum atomic E-state index is -0.583. The van der Waals surface area contributed by atoms with Crippen LogP contribution in [0.2, 0.25) is 0 Å². The van der Waals surface area contributed by atoms with Crippen molar-refractivity contribution >= 4 is 22.8 Å². The van der Waals surface area contributed by atoms with Crippen molar-refractivity contribution in [3.63, 3.8) is 0 Å². The lowest BCUT2D eigenvalue weighted by Crippen LogP contribution is -2.44. The van der Waals surface area contributed by atoms with Crippen LogP contribution in [0.1, 0.15) is 31.1 Å². The van der Waals surface area contributed by atoms with Crippen LogP contribution >= 0.6 is 0 Å². The van der Waals surface area contributed by atoms with Crippen LogP contribution in [0.4, 0.5) is 0 Å². The summed E-state index contributed by atoms with van der Waals surface area (Å²) >= 11 is 0. The fourth-order valence-corrected chi connectivity index (χ4v) is 3.18. The SMILES string of the molecule is CCOc1cc(C(=O)NNC(=O)Cn2c(=O)cnc3ccccc32)cc(OCC)c1OCC. The largest absolute Gasteiger partial charge is 0.490 e. The number of fused-ring (bicyclic) bond motifs is 1. The van der Waals surface area contributed by atoms with E-state index in [1.807, 2.05) is 20.8 Å². The number of nitrogens with one attached hydrogen (secondary N) is 2. The van der Waals surface area contributed by atoms with E-state index in [0.29, 0.717) is 48.1 Å². The highest BCUT2D eigenvalue weighted by Gasteiger charge is 2.19. The van der Waals surface area contributed by atoms with Gasteiger partial charge in [0, 0.05) is 5.56 Å². The molecule has 2 aromatic carbocycles. The number of hydrogen-bond acceptors (Lipinski definition) is 7.